The summed E-state index contributed by atoms with van der Waals surface area (Å²) < 4.78 is 0. The smallest absolute Gasteiger partial charge is 0.246 e. The number of carbonyl (C=O) groups is 11. The summed E-state index contributed by atoms with van der Waals surface area (Å²) >= 11 is 0. The van der Waals surface area contributed by atoms with Crippen LogP contribution in [0.4, 0.5) is 0 Å². The molecule has 0 radical (unpaired) electrons. The van der Waals surface area contributed by atoms with Gasteiger partial charge in [0.2, 0.25) is 65.0 Å². The minimum absolute atomic E-state index is 0.0330. The van der Waals surface area contributed by atoms with E-state index in [1.54, 1.807) is 34.6 Å². The molecular formula is C62H109N11O12. The van der Waals surface area contributed by atoms with Crippen LogP contribution < -0.4 is 21.3 Å². The minimum atomic E-state index is -1.76. The molecule has 0 unspecified atom stereocenters. The lowest BCUT2D eigenvalue weighted by Gasteiger charge is -2.41. The maximum absolute atomic E-state index is 15.2. The molecule has 1 heterocycles. The van der Waals surface area contributed by atoms with E-state index in [9.17, 15) is 48.3 Å². The highest BCUT2D eigenvalue weighted by atomic mass is 16.3. The molecule has 1 aliphatic carbocycles. The van der Waals surface area contributed by atoms with Crippen LogP contribution in [-0.2, 0) is 52.7 Å². The van der Waals surface area contributed by atoms with Gasteiger partial charge >= 0.3 is 0 Å². The lowest BCUT2D eigenvalue weighted by Crippen LogP contribution is -2.64. The second kappa shape index (κ2) is 32.6. The standard InChI is InChI=1S/C62H109N11O12/c1-24-26-27-42-32-62(42,85)51-55(78)65-43(25-2)57(80)67(17)33-48(74)68(18)44(28-34(3)4)54(77)66-49(38(11)12)60(83)69(19)45(29-35(5)6)53(76)63-40(15)52(75)64-41(16)56(79)70(20)46(30-36(7)8)58(81)71(21)47(31-37(9)10)59(82)72(22)50(39(13)14)61(84)73(51)23/h24,26,34-47,49-51,85H,25,27-33H2,1-23H3,(H,63,76)(H,64,75)(H,65,78)(H,66,77)/b26-24+/t40-,41+,42-,43-,44-,45-,46-,47-,49-,50+,51+,62-/m0/s1. The van der Waals surface area contributed by atoms with Gasteiger partial charge < -0.3 is 60.7 Å². The van der Waals surface area contributed by atoms with Crippen LogP contribution in [0, 0.1) is 41.4 Å². The molecule has 11 amide bonds. The van der Waals surface area contributed by atoms with E-state index in [0.717, 1.165) is 9.80 Å². The van der Waals surface area contributed by atoms with E-state index in [1.165, 1.54) is 87.7 Å². The minimum Gasteiger partial charge on any atom is -0.387 e. The fourth-order valence-corrected chi connectivity index (χ4v) is 11.3. The van der Waals surface area contributed by atoms with Gasteiger partial charge in [-0.05, 0) is 107 Å². The van der Waals surface area contributed by atoms with E-state index in [-0.39, 0.29) is 62.2 Å². The first-order chi connectivity index (χ1) is 39.2. The Kier molecular flexibility index (Phi) is 28.7. The Balaban J connectivity index is 2.95. The molecule has 484 valence electrons. The molecule has 0 bridgehead atoms. The first kappa shape index (κ1) is 75.0. The second-order valence-electron chi connectivity index (χ2n) is 26.5. The van der Waals surface area contributed by atoms with E-state index < -0.39 is 155 Å². The summed E-state index contributed by atoms with van der Waals surface area (Å²) in [6, 6.07) is -12.2. The Hall–Kier alpha value is -6.13. The molecule has 0 aromatic rings. The summed E-state index contributed by atoms with van der Waals surface area (Å²) in [4.78, 5) is 169. The van der Waals surface area contributed by atoms with Gasteiger partial charge in [0.25, 0.3) is 0 Å². The highest BCUT2D eigenvalue weighted by Gasteiger charge is 2.62. The van der Waals surface area contributed by atoms with Crippen LogP contribution in [0.15, 0.2) is 12.2 Å². The summed E-state index contributed by atoms with van der Waals surface area (Å²) in [5.41, 5.74) is -1.76. The molecular weight excluding hydrogens is 1090 g/mol. The number of allylic oxidation sites excluding steroid dienone is 2. The zero-order valence-corrected chi connectivity index (χ0v) is 55.7. The molecule has 5 N–H and O–H groups in total. The van der Waals surface area contributed by atoms with Gasteiger partial charge in [-0.2, -0.15) is 0 Å². The van der Waals surface area contributed by atoms with Gasteiger partial charge in [-0.3, -0.25) is 52.7 Å². The number of likely N-dealkylation sites (N-methyl/N-ethyl adjacent to an activating group) is 7. The van der Waals surface area contributed by atoms with Crippen LogP contribution in [0.1, 0.15) is 156 Å². The van der Waals surface area contributed by atoms with Gasteiger partial charge in [0, 0.05) is 49.3 Å². The number of hydrogen-bond donors (Lipinski definition) is 5. The number of amides is 11. The van der Waals surface area contributed by atoms with Gasteiger partial charge in [-0.25, -0.2) is 0 Å². The van der Waals surface area contributed by atoms with Crippen LogP contribution in [0.25, 0.3) is 0 Å². The summed E-state index contributed by atoms with van der Waals surface area (Å²) in [7, 11) is 9.97. The van der Waals surface area contributed by atoms with Crippen molar-refractivity contribution in [3.63, 3.8) is 0 Å². The molecule has 2 rings (SSSR count). The molecule has 0 spiro atoms. The Morgan fingerprint density at radius 1 is 0.494 bits per heavy atom. The number of nitrogens with zero attached hydrogens (tertiary/aromatic N) is 7. The summed E-state index contributed by atoms with van der Waals surface area (Å²) in [5.74, 6) is -9.44. The lowest BCUT2D eigenvalue weighted by atomic mass is 9.94. The number of aliphatic hydroxyl groups is 1. The molecule has 1 saturated heterocycles. The largest absolute Gasteiger partial charge is 0.387 e. The zero-order chi connectivity index (χ0) is 65.6. The molecule has 12 atom stereocenters. The average molecular weight is 1200 g/mol. The van der Waals surface area contributed by atoms with E-state index in [1.807, 2.05) is 74.5 Å². The van der Waals surface area contributed by atoms with Crippen LogP contribution in [0.5, 0.6) is 0 Å². The number of hydrogen-bond acceptors (Lipinski definition) is 12. The quantitative estimate of drug-likeness (QED) is 0.157. The normalized spacial score (nSPS) is 29.4. The van der Waals surface area contributed by atoms with Crippen LogP contribution >= 0.6 is 0 Å². The molecule has 23 nitrogen and oxygen atoms in total. The number of rotatable bonds is 14. The Morgan fingerprint density at radius 2 is 0.929 bits per heavy atom. The SMILES string of the molecule is C/C=C/C[C@H]1C[C@@]1(O)[C@H]1C(=O)N[C@@H](CC)C(=O)N(C)CC(=O)N(C)[C@@H](CC(C)C)C(=O)N[C@@H](C(C)C)C(=O)N(C)[C@@H](CC(C)C)C(=O)N[C@@H](C)C(=O)N[C@H](C)C(=O)N(C)[C@@H](CC(C)C)C(=O)N(C)[C@@H](CC(C)C)C(=O)N(C)[C@H](C(C)C)C(=O)N1C. The zero-order valence-electron chi connectivity index (χ0n) is 55.7. The molecule has 2 fully saturated rings. The molecule has 0 aromatic carbocycles. The van der Waals surface area contributed by atoms with Crippen molar-refractivity contribution in [2.24, 2.45) is 41.4 Å². The van der Waals surface area contributed by atoms with Gasteiger partial charge in [0.1, 0.15) is 60.4 Å². The van der Waals surface area contributed by atoms with Crippen molar-refractivity contribution in [2.75, 3.05) is 55.9 Å². The Labute approximate surface area is 507 Å². The molecule has 85 heavy (non-hydrogen) atoms. The fraction of sp³-hybridized carbons (Fsp3) is 0.790. The number of carbonyl (C=O) groups excluding carboxylic acids is 11. The first-order valence-electron chi connectivity index (χ1n) is 30.6. The highest BCUT2D eigenvalue weighted by molar-refractivity contribution is 6.00. The van der Waals surface area contributed by atoms with Crippen LogP contribution in [0.3, 0.4) is 0 Å². The monoisotopic (exact) mass is 1200 g/mol. The van der Waals surface area contributed by atoms with E-state index in [4.69, 9.17) is 0 Å². The lowest BCUT2D eigenvalue weighted by molar-refractivity contribution is -0.157. The van der Waals surface area contributed by atoms with E-state index >= 15 is 9.59 Å². The summed E-state index contributed by atoms with van der Waals surface area (Å²) in [6.07, 6.45) is 4.82. The first-order valence-corrected chi connectivity index (χ1v) is 30.6. The molecule has 1 aliphatic heterocycles. The third kappa shape index (κ3) is 19.7. The summed E-state index contributed by atoms with van der Waals surface area (Å²) in [6.45, 7) is 27.7. The fourth-order valence-electron chi connectivity index (χ4n) is 11.3. The Morgan fingerprint density at radius 3 is 1.39 bits per heavy atom. The highest BCUT2D eigenvalue weighted by Crippen LogP contribution is 2.50. The van der Waals surface area contributed by atoms with Gasteiger partial charge in [0.05, 0.1) is 12.1 Å². The summed E-state index contributed by atoms with van der Waals surface area (Å²) in [5, 5.41) is 23.4. The predicted octanol–water partition coefficient (Wildman–Crippen LogP) is 3.02. The maximum atomic E-state index is 15.2. The number of nitrogens with one attached hydrogen (secondary N) is 4. The van der Waals surface area contributed by atoms with Crippen molar-refractivity contribution in [2.45, 2.75) is 222 Å². The average Bonchev–Trinajstić information content (AvgIpc) is 1.87. The third-order valence-corrected chi connectivity index (χ3v) is 16.6. The van der Waals surface area contributed by atoms with Gasteiger partial charge in [-0.1, -0.05) is 102 Å². The van der Waals surface area contributed by atoms with Crippen molar-refractivity contribution >= 4 is 65.0 Å². The van der Waals surface area contributed by atoms with Gasteiger partial charge in [0.15, 0.2) is 0 Å². The predicted molar refractivity (Wildman–Crippen MR) is 326 cm³/mol. The molecule has 0 aromatic heterocycles. The third-order valence-electron chi connectivity index (χ3n) is 16.6. The molecule has 1 saturated carbocycles. The van der Waals surface area contributed by atoms with Crippen LogP contribution in [0.2, 0.25) is 0 Å². The van der Waals surface area contributed by atoms with E-state index in [2.05, 4.69) is 21.3 Å². The van der Waals surface area contributed by atoms with Crippen molar-refractivity contribution in [3.8, 4) is 0 Å². The van der Waals surface area contributed by atoms with Crippen molar-refractivity contribution < 1.29 is 57.8 Å². The molecule has 23 heteroatoms. The van der Waals surface area contributed by atoms with Crippen molar-refractivity contribution in [1.29, 1.82) is 0 Å². The topological polar surface area (TPSA) is 279 Å². The van der Waals surface area contributed by atoms with Crippen molar-refractivity contribution in [3.05, 3.63) is 12.2 Å². The second-order valence-corrected chi connectivity index (χ2v) is 26.5. The van der Waals surface area contributed by atoms with E-state index in [0.29, 0.717) is 6.42 Å². The van der Waals surface area contributed by atoms with Gasteiger partial charge in [-0.15, -0.1) is 0 Å². The van der Waals surface area contributed by atoms with Crippen molar-refractivity contribution in [1.82, 2.24) is 55.6 Å². The molecule has 2 aliphatic rings. The van der Waals surface area contributed by atoms with Crippen LogP contribution in [-0.4, -0.2) is 226 Å². The maximum Gasteiger partial charge on any atom is 0.246 e. The Bertz CT molecular complexity index is 2400.